The van der Waals surface area contributed by atoms with Crippen LogP contribution in [0.5, 0.6) is 0 Å². The van der Waals surface area contributed by atoms with E-state index in [-0.39, 0.29) is 0 Å². The molecule has 0 aliphatic carbocycles. The molecule has 1 aromatic heterocycles. The van der Waals surface area contributed by atoms with Crippen LogP contribution >= 0.6 is 0 Å². The first-order valence-corrected chi connectivity index (χ1v) is 3.29. The van der Waals surface area contributed by atoms with E-state index in [9.17, 15) is 4.39 Å². The van der Waals surface area contributed by atoms with Gasteiger partial charge in [-0.1, -0.05) is 0 Å². The van der Waals surface area contributed by atoms with Gasteiger partial charge in [0.1, 0.15) is 12.6 Å². The zero-order chi connectivity index (χ0) is 7.90. The Bertz CT molecular complexity index is 315. The Kier molecular flexibility index (Phi) is 1.07. The van der Waals surface area contributed by atoms with E-state index in [2.05, 4.69) is 10.2 Å². The lowest BCUT2D eigenvalue weighted by molar-refractivity contribution is -0.672. The van der Waals surface area contributed by atoms with Crippen molar-refractivity contribution in [3.05, 3.63) is 30.1 Å². The van der Waals surface area contributed by atoms with Gasteiger partial charge < -0.3 is 0 Å². The first kappa shape index (κ1) is 6.39. The first-order valence-electron chi connectivity index (χ1n) is 3.29. The van der Waals surface area contributed by atoms with Crippen molar-refractivity contribution in [2.24, 2.45) is 17.3 Å². The minimum atomic E-state index is -1.74. The topological polar surface area (TPSA) is 28.6 Å². The summed E-state index contributed by atoms with van der Waals surface area (Å²) in [5, 5.41) is 6.58. The summed E-state index contributed by atoms with van der Waals surface area (Å²) in [6.45, 7) is 0. The second kappa shape index (κ2) is 1.84. The fourth-order valence-corrected chi connectivity index (χ4v) is 0.935. The molecule has 0 saturated carbocycles. The summed E-state index contributed by atoms with van der Waals surface area (Å²) in [4.78, 5) is 0. The van der Waals surface area contributed by atoms with Crippen molar-refractivity contribution in [3.63, 3.8) is 0 Å². The number of hydrogen-bond acceptors (Lipinski definition) is 2. The molecule has 0 bridgehead atoms. The lowest BCUT2D eigenvalue weighted by Gasteiger charge is -1.96. The van der Waals surface area contributed by atoms with Crippen molar-refractivity contribution in [1.82, 2.24) is 0 Å². The molecule has 56 valence electrons. The summed E-state index contributed by atoms with van der Waals surface area (Å²) in [5.74, 6) is -1.74. The van der Waals surface area contributed by atoms with Gasteiger partial charge in [0.2, 0.25) is 0 Å². The van der Waals surface area contributed by atoms with Crippen LogP contribution in [-0.4, -0.2) is 0 Å². The van der Waals surface area contributed by atoms with E-state index in [1.807, 2.05) is 13.2 Å². The van der Waals surface area contributed by atoms with Gasteiger partial charge in [-0.2, -0.15) is 4.39 Å². The largest absolute Gasteiger partial charge is 0.360 e. The highest BCUT2D eigenvalue weighted by molar-refractivity contribution is 5.17. The number of alkyl halides is 1. The van der Waals surface area contributed by atoms with E-state index in [0.29, 0.717) is 5.56 Å². The molecule has 11 heavy (non-hydrogen) atoms. The Labute approximate surface area is 63.2 Å². The van der Waals surface area contributed by atoms with Gasteiger partial charge in [0.15, 0.2) is 12.4 Å². The number of aromatic nitrogens is 1. The van der Waals surface area contributed by atoms with Crippen molar-refractivity contribution >= 4 is 0 Å². The molecule has 0 saturated heterocycles. The SMILES string of the molecule is C[n+]1cccc(C2(F)N=N2)c1. The zero-order valence-electron chi connectivity index (χ0n) is 6.03. The third kappa shape index (κ3) is 1.00. The molecule has 1 aliphatic rings. The predicted octanol–water partition coefficient (Wildman–Crippen LogP) is 1.06. The molecule has 0 fully saturated rings. The van der Waals surface area contributed by atoms with E-state index in [1.165, 1.54) is 0 Å². The van der Waals surface area contributed by atoms with Crippen molar-refractivity contribution in [2.75, 3.05) is 0 Å². The summed E-state index contributed by atoms with van der Waals surface area (Å²) >= 11 is 0. The van der Waals surface area contributed by atoms with Crippen molar-refractivity contribution in [1.29, 1.82) is 0 Å². The van der Waals surface area contributed by atoms with Crippen LogP contribution in [0, 0.1) is 0 Å². The molecule has 0 spiro atoms. The van der Waals surface area contributed by atoms with Crippen molar-refractivity contribution < 1.29 is 8.96 Å². The van der Waals surface area contributed by atoms with Gasteiger partial charge in [-0.15, -0.1) is 10.2 Å². The molecule has 0 atom stereocenters. The van der Waals surface area contributed by atoms with E-state index in [4.69, 9.17) is 0 Å². The van der Waals surface area contributed by atoms with Crippen LogP contribution in [0.25, 0.3) is 0 Å². The normalized spacial score (nSPS) is 18.4. The minimum absolute atomic E-state index is 0.488. The smallest absolute Gasteiger partial charge is 0.207 e. The Morgan fingerprint density at radius 3 is 2.82 bits per heavy atom. The summed E-state index contributed by atoms with van der Waals surface area (Å²) in [5.41, 5.74) is 0.488. The van der Waals surface area contributed by atoms with Gasteiger partial charge in [0.25, 0.3) is 0 Å². The maximum absolute atomic E-state index is 13.1. The third-order valence-electron chi connectivity index (χ3n) is 1.58. The molecular formula is C7H7FN3+. The number of hydrogen-bond donors (Lipinski definition) is 0. The molecule has 4 heteroatoms. The van der Waals surface area contributed by atoms with Crippen LogP contribution in [0.3, 0.4) is 0 Å². The zero-order valence-corrected chi connectivity index (χ0v) is 6.03. The minimum Gasteiger partial charge on any atom is -0.207 e. The first-order chi connectivity index (χ1) is 5.21. The quantitative estimate of drug-likeness (QED) is 0.425. The van der Waals surface area contributed by atoms with Gasteiger partial charge in [0.05, 0.1) is 0 Å². The Hall–Kier alpha value is -1.32. The molecule has 0 unspecified atom stereocenters. The van der Waals surface area contributed by atoms with Crippen molar-refractivity contribution in [3.8, 4) is 0 Å². The van der Waals surface area contributed by atoms with Gasteiger partial charge >= 0.3 is 5.92 Å². The summed E-state index contributed by atoms with van der Waals surface area (Å²) in [7, 11) is 1.83. The number of nitrogens with zero attached hydrogens (tertiary/aromatic N) is 3. The average Bonchev–Trinajstić information content (AvgIpc) is 2.70. The predicted molar refractivity (Wildman–Crippen MR) is 35.3 cm³/mol. The monoisotopic (exact) mass is 152 g/mol. The maximum atomic E-state index is 13.1. The molecule has 1 aromatic rings. The van der Waals surface area contributed by atoms with Gasteiger partial charge in [-0.3, -0.25) is 0 Å². The lowest BCUT2D eigenvalue weighted by atomic mass is 10.2. The number of aryl methyl sites for hydroxylation is 1. The highest BCUT2D eigenvalue weighted by Crippen LogP contribution is 2.39. The second-order valence-electron chi connectivity index (χ2n) is 2.55. The standard InChI is InChI=1S/C7H7FN3/c1-11-4-2-3-6(5-11)7(8)9-10-7/h2-5H,1H3/q+1. The third-order valence-corrected chi connectivity index (χ3v) is 1.58. The highest BCUT2D eigenvalue weighted by Gasteiger charge is 2.44. The average molecular weight is 152 g/mol. The molecular weight excluding hydrogens is 145 g/mol. The van der Waals surface area contributed by atoms with E-state index in [0.717, 1.165) is 0 Å². The number of pyridine rings is 1. The summed E-state index contributed by atoms with van der Waals surface area (Å²) < 4.78 is 14.8. The van der Waals surface area contributed by atoms with E-state index < -0.39 is 5.92 Å². The Morgan fingerprint density at radius 2 is 2.27 bits per heavy atom. The maximum Gasteiger partial charge on any atom is 0.360 e. The molecule has 2 heterocycles. The number of rotatable bonds is 1. The summed E-state index contributed by atoms with van der Waals surface area (Å²) in [6, 6.07) is 3.43. The van der Waals surface area contributed by atoms with Crippen LogP contribution in [0.15, 0.2) is 34.8 Å². The molecule has 1 aliphatic heterocycles. The van der Waals surface area contributed by atoms with Crippen LogP contribution in [-0.2, 0) is 13.0 Å². The van der Waals surface area contributed by atoms with Crippen molar-refractivity contribution in [2.45, 2.75) is 5.92 Å². The Balaban J connectivity index is 2.39. The lowest BCUT2D eigenvalue weighted by Crippen LogP contribution is -2.28. The molecule has 0 radical (unpaired) electrons. The molecule has 3 nitrogen and oxygen atoms in total. The fourth-order valence-electron chi connectivity index (χ4n) is 0.935. The Morgan fingerprint density at radius 1 is 1.55 bits per heavy atom. The second-order valence-corrected chi connectivity index (χ2v) is 2.55. The highest BCUT2D eigenvalue weighted by atomic mass is 19.2. The van der Waals surface area contributed by atoms with Gasteiger partial charge in [0, 0.05) is 6.07 Å². The molecule has 2 rings (SSSR count). The van der Waals surface area contributed by atoms with Crippen LogP contribution in [0.1, 0.15) is 5.56 Å². The van der Waals surface area contributed by atoms with Gasteiger partial charge in [-0.05, 0) is 6.07 Å². The molecule has 0 N–H and O–H groups in total. The molecule has 0 aromatic carbocycles. The summed E-state index contributed by atoms with van der Waals surface area (Å²) in [6.07, 6.45) is 3.50. The van der Waals surface area contributed by atoms with Gasteiger partial charge in [-0.25, -0.2) is 4.57 Å². The fraction of sp³-hybridized carbons (Fsp3) is 0.286. The number of halogens is 1. The van der Waals surface area contributed by atoms with E-state index >= 15 is 0 Å². The van der Waals surface area contributed by atoms with Crippen LogP contribution in [0.4, 0.5) is 4.39 Å². The van der Waals surface area contributed by atoms with Crippen LogP contribution in [0.2, 0.25) is 0 Å². The van der Waals surface area contributed by atoms with Crippen LogP contribution < -0.4 is 4.57 Å². The molecule has 0 amide bonds. The van der Waals surface area contributed by atoms with E-state index in [1.54, 1.807) is 22.9 Å².